The number of para-hydroxylation sites is 2. The van der Waals surface area contributed by atoms with Crippen molar-refractivity contribution in [2.24, 2.45) is 0 Å². The fourth-order valence-electron chi connectivity index (χ4n) is 3.39. The van der Waals surface area contributed by atoms with Crippen LogP contribution in [0, 0.1) is 0 Å². The number of rotatable bonds is 5. The van der Waals surface area contributed by atoms with Gasteiger partial charge in [-0.2, -0.15) is 4.98 Å². The topological polar surface area (TPSA) is 58.4 Å². The average Bonchev–Trinajstić information content (AvgIpc) is 3.28. The predicted octanol–water partition coefficient (Wildman–Crippen LogP) is 3.81. The first kappa shape index (κ1) is 16.9. The molecule has 26 heavy (non-hydrogen) atoms. The molecule has 134 valence electrons. The highest BCUT2D eigenvalue weighted by Gasteiger charge is 2.28. The summed E-state index contributed by atoms with van der Waals surface area (Å²) in [6, 6.07) is 16.0. The number of hydrogen-bond donors (Lipinski definition) is 1. The molecule has 2 aromatic carbocycles. The van der Waals surface area contributed by atoms with Crippen molar-refractivity contribution in [1.29, 1.82) is 0 Å². The number of amides is 1. The van der Waals surface area contributed by atoms with Crippen molar-refractivity contribution >= 4 is 34.6 Å². The van der Waals surface area contributed by atoms with E-state index in [1.165, 1.54) is 0 Å². The lowest BCUT2D eigenvalue weighted by Crippen LogP contribution is -2.40. The maximum Gasteiger partial charge on any atom is 0.298 e. The zero-order chi connectivity index (χ0) is 17.9. The number of oxazole rings is 1. The standard InChI is InChI=1S/C20H20ClN3O2/c21-16-8-2-1-6-14(16)12-19(25)22-13-15-7-5-11-24(15)20-23-17-9-3-4-10-18(17)26-20/h1-4,6,8-10,15H,5,7,11-13H2,(H,22,25)/t15-/m1/s1. The summed E-state index contributed by atoms with van der Waals surface area (Å²) < 4.78 is 5.89. The van der Waals surface area contributed by atoms with Gasteiger partial charge in [0.25, 0.3) is 6.01 Å². The first-order valence-corrected chi connectivity index (χ1v) is 9.21. The number of anilines is 1. The Bertz CT molecular complexity index is 891. The monoisotopic (exact) mass is 369 g/mol. The Kier molecular flexibility index (Phi) is 4.80. The molecule has 2 heterocycles. The molecule has 0 saturated carbocycles. The minimum atomic E-state index is -0.0254. The van der Waals surface area contributed by atoms with E-state index in [0.29, 0.717) is 17.6 Å². The van der Waals surface area contributed by atoms with Gasteiger partial charge in [-0.25, -0.2) is 0 Å². The predicted molar refractivity (Wildman–Crippen MR) is 103 cm³/mol. The third-order valence-corrected chi connectivity index (χ3v) is 5.12. The number of carbonyl (C=O) groups is 1. The smallest absolute Gasteiger partial charge is 0.298 e. The molecular formula is C20H20ClN3O2. The number of halogens is 1. The second kappa shape index (κ2) is 7.38. The molecule has 1 saturated heterocycles. The highest BCUT2D eigenvalue weighted by Crippen LogP contribution is 2.28. The number of nitrogens with one attached hydrogen (secondary N) is 1. The Hall–Kier alpha value is -2.53. The van der Waals surface area contributed by atoms with Gasteiger partial charge in [0.2, 0.25) is 5.91 Å². The molecule has 1 aliphatic rings. The van der Waals surface area contributed by atoms with Gasteiger partial charge in [-0.3, -0.25) is 4.79 Å². The van der Waals surface area contributed by atoms with Crippen LogP contribution < -0.4 is 10.2 Å². The van der Waals surface area contributed by atoms with Crippen LogP contribution in [0.4, 0.5) is 6.01 Å². The molecule has 0 bridgehead atoms. The van der Waals surface area contributed by atoms with Crippen LogP contribution in [0.25, 0.3) is 11.1 Å². The fourth-order valence-corrected chi connectivity index (χ4v) is 3.59. The summed E-state index contributed by atoms with van der Waals surface area (Å²) in [6.07, 6.45) is 2.35. The molecule has 1 amide bonds. The van der Waals surface area contributed by atoms with Crippen LogP contribution in [0.2, 0.25) is 5.02 Å². The summed E-state index contributed by atoms with van der Waals surface area (Å²) in [5.74, 6) is -0.0254. The van der Waals surface area contributed by atoms with Gasteiger partial charge in [-0.15, -0.1) is 0 Å². The lowest BCUT2D eigenvalue weighted by atomic mass is 10.1. The van der Waals surface area contributed by atoms with Gasteiger partial charge in [-0.05, 0) is 36.6 Å². The second-order valence-corrected chi connectivity index (χ2v) is 6.93. The first-order valence-electron chi connectivity index (χ1n) is 8.83. The highest BCUT2D eigenvalue weighted by molar-refractivity contribution is 6.31. The molecule has 1 fully saturated rings. The van der Waals surface area contributed by atoms with E-state index in [9.17, 15) is 4.79 Å². The largest absolute Gasteiger partial charge is 0.423 e. The summed E-state index contributed by atoms with van der Waals surface area (Å²) in [5, 5.41) is 3.65. The van der Waals surface area contributed by atoms with Crippen molar-refractivity contribution in [3.8, 4) is 0 Å². The van der Waals surface area contributed by atoms with E-state index in [2.05, 4.69) is 15.2 Å². The van der Waals surface area contributed by atoms with Crippen LogP contribution in [0.5, 0.6) is 0 Å². The minimum absolute atomic E-state index is 0.0254. The molecule has 1 N–H and O–H groups in total. The Morgan fingerprint density at radius 1 is 1.23 bits per heavy atom. The van der Waals surface area contributed by atoms with Crippen LogP contribution in [0.1, 0.15) is 18.4 Å². The maximum absolute atomic E-state index is 12.3. The summed E-state index contributed by atoms with van der Waals surface area (Å²) >= 11 is 6.13. The quantitative estimate of drug-likeness (QED) is 0.743. The molecular weight excluding hydrogens is 350 g/mol. The lowest BCUT2D eigenvalue weighted by molar-refractivity contribution is -0.120. The van der Waals surface area contributed by atoms with Gasteiger partial charge < -0.3 is 14.6 Å². The summed E-state index contributed by atoms with van der Waals surface area (Å²) in [7, 11) is 0. The number of benzene rings is 2. The van der Waals surface area contributed by atoms with Gasteiger partial charge in [0.05, 0.1) is 12.5 Å². The average molecular weight is 370 g/mol. The van der Waals surface area contributed by atoms with E-state index in [1.807, 2.05) is 42.5 Å². The van der Waals surface area contributed by atoms with Crippen molar-refractivity contribution in [2.75, 3.05) is 18.0 Å². The van der Waals surface area contributed by atoms with Gasteiger partial charge in [0.1, 0.15) is 5.52 Å². The van der Waals surface area contributed by atoms with E-state index in [0.717, 1.165) is 36.0 Å². The molecule has 1 aliphatic heterocycles. The van der Waals surface area contributed by atoms with Crippen molar-refractivity contribution in [3.63, 3.8) is 0 Å². The number of carbonyl (C=O) groups excluding carboxylic acids is 1. The van der Waals surface area contributed by atoms with Crippen LogP contribution in [0.3, 0.4) is 0 Å². The second-order valence-electron chi connectivity index (χ2n) is 6.53. The Labute approximate surface area is 157 Å². The molecule has 6 heteroatoms. The lowest BCUT2D eigenvalue weighted by Gasteiger charge is -2.23. The van der Waals surface area contributed by atoms with Crippen LogP contribution in [-0.2, 0) is 11.2 Å². The number of fused-ring (bicyclic) bond motifs is 1. The van der Waals surface area contributed by atoms with Gasteiger partial charge in [0.15, 0.2) is 5.58 Å². The summed E-state index contributed by atoms with van der Waals surface area (Å²) in [4.78, 5) is 19.0. The van der Waals surface area contributed by atoms with Gasteiger partial charge >= 0.3 is 0 Å². The third kappa shape index (κ3) is 3.53. The van der Waals surface area contributed by atoms with Crippen LogP contribution >= 0.6 is 11.6 Å². The Balaban J connectivity index is 1.39. The maximum atomic E-state index is 12.3. The molecule has 4 rings (SSSR count). The molecule has 0 unspecified atom stereocenters. The van der Waals surface area contributed by atoms with E-state index in [4.69, 9.17) is 16.0 Å². The summed E-state index contributed by atoms with van der Waals surface area (Å²) in [6.45, 7) is 1.46. The van der Waals surface area contributed by atoms with Crippen molar-refractivity contribution in [2.45, 2.75) is 25.3 Å². The third-order valence-electron chi connectivity index (χ3n) is 4.75. The minimum Gasteiger partial charge on any atom is -0.423 e. The highest BCUT2D eigenvalue weighted by atomic mass is 35.5. The number of aromatic nitrogens is 1. The Morgan fingerprint density at radius 2 is 2.04 bits per heavy atom. The van der Waals surface area contributed by atoms with E-state index in [-0.39, 0.29) is 18.4 Å². The zero-order valence-corrected chi connectivity index (χ0v) is 15.1. The van der Waals surface area contributed by atoms with Crippen LogP contribution in [0.15, 0.2) is 52.9 Å². The molecule has 3 aromatic rings. The number of hydrogen-bond acceptors (Lipinski definition) is 4. The molecule has 5 nitrogen and oxygen atoms in total. The SMILES string of the molecule is O=C(Cc1ccccc1Cl)NC[C@H]1CCCN1c1nc2ccccc2o1. The zero-order valence-electron chi connectivity index (χ0n) is 14.3. The number of nitrogens with zero attached hydrogens (tertiary/aromatic N) is 2. The van der Waals surface area contributed by atoms with Crippen molar-refractivity contribution in [1.82, 2.24) is 10.3 Å². The molecule has 0 radical (unpaired) electrons. The van der Waals surface area contributed by atoms with Crippen LogP contribution in [-0.4, -0.2) is 30.0 Å². The fraction of sp³-hybridized carbons (Fsp3) is 0.300. The van der Waals surface area contributed by atoms with E-state index >= 15 is 0 Å². The van der Waals surface area contributed by atoms with Gasteiger partial charge in [0, 0.05) is 18.1 Å². The van der Waals surface area contributed by atoms with Crippen molar-refractivity contribution in [3.05, 3.63) is 59.1 Å². The van der Waals surface area contributed by atoms with E-state index in [1.54, 1.807) is 6.07 Å². The van der Waals surface area contributed by atoms with E-state index < -0.39 is 0 Å². The van der Waals surface area contributed by atoms with Crippen molar-refractivity contribution < 1.29 is 9.21 Å². The molecule has 1 aromatic heterocycles. The molecule has 0 aliphatic carbocycles. The Morgan fingerprint density at radius 3 is 2.88 bits per heavy atom. The molecule has 0 spiro atoms. The first-order chi connectivity index (χ1) is 12.7. The normalized spacial score (nSPS) is 17.0. The summed E-state index contributed by atoms with van der Waals surface area (Å²) in [5.41, 5.74) is 2.49. The van der Waals surface area contributed by atoms with Gasteiger partial charge in [-0.1, -0.05) is 41.9 Å². The molecule has 1 atom stereocenters.